The number of rotatable bonds is 4. The summed E-state index contributed by atoms with van der Waals surface area (Å²) in [5.41, 5.74) is 1.43. The molecule has 8 heteroatoms. The van der Waals surface area contributed by atoms with Crippen molar-refractivity contribution in [3.63, 3.8) is 0 Å². The lowest BCUT2D eigenvalue weighted by Crippen LogP contribution is -2.34. The van der Waals surface area contributed by atoms with Gasteiger partial charge in [-0.15, -0.1) is 0 Å². The zero-order valence-electron chi connectivity index (χ0n) is 32.5. The Morgan fingerprint density at radius 2 is 0.776 bits per heavy atom. The largest absolute Gasteiger partial charge is 0.495 e. The molecule has 8 nitrogen and oxygen atoms in total. The van der Waals surface area contributed by atoms with E-state index in [2.05, 4.69) is 109 Å². The van der Waals surface area contributed by atoms with Crippen molar-refractivity contribution in [3.8, 4) is 0 Å². The third-order valence-corrected chi connectivity index (χ3v) is 11.4. The van der Waals surface area contributed by atoms with Gasteiger partial charge in [0.2, 0.25) is 0 Å². The highest BCUT2D eigenvalue weighted by atomic mass is 16.5. The molecule has 2 atom stereocenters. The molecular weight excluding hydrogens is 725 g/mol. The maximum atomic E-state index is 13.9. The summed E-state index contributed by atoms with van der Waals surface area (Å²) in [5.74, 6) is -0.103. The molecule has 0 radical (unpaired) electrons. The molecule has 8 aromatic rings. The van der Waals surface area contributed by atoms with Crippen LogP contribution in [-0.2, 0) is 28.5 Å². The van der Waals surface area contributed by atoms with Crippen LogP contribution in [0.2, 0.25) is 0 Å². The minimum absolute atomic E-state index is 0.274. The molecule has 9 rings (SSSR count). The molecule has 0 saturated carbocycles. The molecule has 1 aliphatic heterocycles. The van der Waals surface area contributed by atoms with Crippen LogP contribution >= 0.6 is 0 Å². The number of amides is 2. The average molecular weight is 771 g/mol. The molecule has 0 bridgehead atoms. The normalized spacial score (nSPS) is 18.3. The van der Waals surface area contributed by atoms with Crippen molar-refractivity contribution < 1.29 is 28.5 Å². The summed E-state index contributed by atoms with van der Waals surface area (Å²) in [6.07, 6.45) is 2.33. The third-order valence-electron chi connectivity index (χ3n) is 11.4. The Kier molecular flexibility index (Phi) is 10.5. The zero-order chi connectivity index (χ0) is 39.6. The number of hydrogen-bond acceptors (Lipinski definition) is 6. The Balaban J connectivity index is 0.847. The molecule has 58 heavy (non-hydrogen) atoms. The van der Waals surface area contributed by atoms with E-state index in [9.17, 15) is 9.59 Å². The second-order valence-electron chi connectivity index (χ2n) is 15.2. The first-order valence-electron chi connectivity index (χ1n) is 20.3. The lowest BCUT2D eigenvalue weighted by atomic mass is 9.93. The first-order chi connectivity index (χ1) is 28.4. The summed E-state index contributed by atoms with van der Waals surface area (Å²) in [4.78, 5) is 27.8. The van der Waals surface area contributed by atoms with Crippen molar-refractivity contribution in [3.05, 3.63) is 134 Å². The van der Waals surface area contributed by atoms with E-state index in [-0.39, 0.29) is 23.3 Å². The number of ether oxygens (including phenoxy) is 4. The third kappa shape index (κ3) is 7.25. The minimum atomic E-state index is -0.982. The fourth-order valence-electron chi connectivity index (χ4n) is 8.44. The molecule has 1 aliphatic rings. The molecule has 292 valence electrons. The summed E-state index contributed by atoms with van der Waals surface area (Å²) in [6, 6.07) is 37.4. The monoisotopic (exact) mass is 770 g/mol. The summed E-state index contributed by atoms with van der Waals surface area (Å²) in [7, 11) is 0. The number of benzene rings is 8. The molecule has 0 spiro atoms. The lowest BCUT2D eigenvalue weighted by molar-refractivity contribution is -0.128. The number of carbonyl (C=O) groups is 2. The van der Waals surface area contributed by atoms with Crippen molar-refractivity contribution in [2.75, 3.05) is 37.1 Å². The highest BCUT2D eigenvalue weighted by Gasteiger charge is 2.27. The predicted octanol–water partition coefficient (Wildman–Crippen LogP) is 11.2. The molecule has 8 aromatic carbocycles. The topological polar surface area (TPSA) is 95.1 Å². The SMILES string of the molecule is C=C1OCCCCCOC(C(=O)Nc2ccc3ccc4cccc5ccc2c3c45)C(=C)OCCCCCOC1C(=O)Nc1ccc2ccc3cccc4ccc1c2c34. The molecule has 1 saturated heterocycles. The van der Waals surface area contributed by atoms with E-state index in [0.717, 1.165) is 66.7 Å². The van der Waals surface area contributed by atoms with Crippen LogP contribution in [0.5, 0.6) is 0 Å². The number of carbonyl (C=O) groups excluding carboxylic acids is 2. The van der Waals surface area contributed by atoms with Crippen LogP contribution in [0.15, 0.2) is 134 Å². The molecular formula is C50H46N2O6. The van der Waals surface area contributed by atoms with Crippen LogP contribution in [0, 0.1) is 0 Å². The highest BCUT2D eigenvalue weighted by Crippen LogP contribution is 2.39. The second kappa shape index (κ2) is 16.3. The fraction of sp³-hybridized carbons (Fsp3) is 0.240. The Bertz CT molecular complexity index is 2590. The van der Waals surface area contributed by atoms with E-state index in [1.54, 1.807) is 0 Å². The summed E-state index contributed by atoms with van der Waals surface area (Å²) >= 11 is 0. The summed E-state index contributed by atoms with van der Waals surface area (Å²) in [6.45, 7) is 9.63. The van der Waals surface area contributed by atoms with Gasteiger partial charge in [0.25, 0.3) is 11.8 Å². The molecule has 2 amide bonds. The van der Waals surface area contributed by atoms with Gasteiger partial charge in [-0.25, -0.2) is 0 Å². The van der Waals surface area contributed by atoms with Gasteiger partial charge in [0.15, 0.2) is 12.2 Å². The Labute approximate surface area is 337 Å². The van der Waals surface area contributed by atoms with Crippen molar-refractivity contribution >= 4 is 87.8 Å². The van der Waals surface area contributed by atoms with Gasteiger partial charge in [-0.2, -0.15) is 0 Å². The van der Waals surface area contributed by atoms with E-state index >= 15 is 0 Å². The van der Waals surface area contributed by atoms with Gasteiger partial charge >= 0.3 is 0 Å². The van der Waals surface area contributed by atoms with Gasteiger partial charge in [0.1, 0.15) is 11.5 Å². The van der Waals surface area contributed by atoms with Gasteiger partial charge in [0.05, 0.1) is 13.2 Å². The first-order valence-corrected chi connectivity index (χ1v) is 20.3. The Hall–Kier alpha value is -6.22. The molecule has 0 aliphatic carbocycles. The Morgan fingerprint density at radius 1 is 0.431 bits per heavy atom. The van der Waals surface area contributed by atoms with E-state index in [1.807, 2.05) is 24.3 Å². The fourth-order valence-corrected chi connectivity index (χ4v) is 8.44. The maximum absolute atomic E-state index is 13.9. The van der Waals surface area contributed by atoms with Crippen LogP contribution < -0.4 is 10.6 Å². The van der Waals surface area contributed by atoms with Crippen LogP contribution in [0.25, 0.3) is 64.6 Å². The van der Waals surface area contributed by atoms with E-state index in [0.29, 0.717) is 63.5 Å². The first kappa shape index (κ1) is 37.4. The van der Waals surface area contributed by atoms with Crippen molar-refractivity contribution in [2.24, 2.45) is 0 Å². The van der Waals surface area contributed by atoms with Crippen molar-refractivity contribution in [1.82, 2.24) is 0 Å². The molecule has 2 unspecified atom stereocenters. The zero-order valence-corrected chi connectivity index (χ0v) is 32.5. The average Bonchev–Trinajstić information content (AvgIpc) is 3.24. The number of hydrogen-bond donors (Lipinski definition) is 2. The second-order valence-corrected chi connectivity index (χ2v) is 15.2. The number of anilines is 2. The van der Waals surface area contributed by atoms with Crippen LogP contribution in [0.3, 0.4) is 0 Å². The summed E-state index contributed by atoms with van der Waals surface area (Å²) < 4.78 is 24.5. The molecule has 1 heterocycles. The minimum Gasteiger partial charge on any atom is -0.495 e. The molecule has 1 fully saturated rings. The van der Waals surface area contributed by atoms with E-state index < -0.39 is 12.2 Å². The lowest BCUT2D eigenvalue weighted by Gasteiger charge is -2.22. The van der Waals surface area contributed by atoms with Crippen molar-refractivity contribution in [1.29, 1.82) is 0 Å². The van der Waals surface area contributed by atoms with Gasteiger partial charge in [-0.1, -0.05) is 110 Å². The predicted molar refractivity (Wildman–Crippen MR) is 235 cm³/mol. The van der Waals surface area contributed by atoms with E-state index in [4.69, 9.17) is 18.9 Å². The highest BCUT2D eigenvalue weighted by molar-refractivity contribution is 6.27. The van der Waals surface area contributed by atoms with E-state index in [1.165, 1.54) is 10.8 Å². The molecule has 2 N–H and O–H groups in total. The maximum Gasteiger partial charge on any atom is 0.261 e. The van der Waals surface area contributed by atoms with Gasteiger partial charge in [-0.05, 0) is 105 Å². The standard InChI is InChI=1S/C50H46N2O6/c1-31-47(49(53)51-41-25-21-37-17-15-33-11-9-13-35-19-23-39(41)45(37)43(33)35)57-29-7-4-6-28-56-32(2)48(58-30-8-3-5-27-55-31)50(54)52-42-26-22-38-18-16-34-12-10-14-36-20-24-40(42)46(38)44(34)36/h9-26,47-48H,1-8,27-30H2,(H,51,53)(H,52,54). The van der Waals surface area contributed by atoms with Crippen LogP contribution in [-0.4, -0.2) is 50.4 Å². The Morgan fingerprint density at radius 3 is 1.19 bits per heavy atom. The van der Waals surface area contributed by atoms with Gasteiger partial charge in [-0.3, -0.25) is 9.59 Å². The van der Waals surface area contributed by atoms with Crippen LogP contribution in [0.1, 0.15) is 38.5 Å². The summed E-state index contributed by atoms with van der Waals surface area (Å²) in [5, 5.41) is 19.7. The van der Waals surface area contributed by atoms with Gasteiger partial charge in [0, 0.05) is 35.4 Å². The number of nitrogens with one attached hydrogen (secondary N) is 2. The van der Waals surface area contributed by atoms with Crippen LogP contribution in [0.4, 0.5) is 11.4 Å². The van der Waals surface area contributed by atoms with Gasteiger partial charge < -0.3 is 29.6 Å². The molecule has 0 aromatic heterocycles. The quantitative estimate of drug-likeness (QED) is 0.173. The smallest absolute Gasteiger partial charge is 0.261 e. The van der Waals surface area contributed by atoms with Crippen molar-refractivity contribution in [2.45, 2.75) is 50.7 Å².